The van der Waals surface area contributed by atoms with Gasteiger partial charge in [0.15, 0.2) is 0 Å². The van der Waals surface area contributed by atoms with Crippen LogP contribution in [0.5, 0.6) is 0 Å². The number of nitrogens with one attached hydrogen (secondary N) is 1. The second-order valence-electron chi connectivity index (χ2n) is 3.50. The van der Waals surface area contributed by atoms with Crippen LogP contribution in [0.15, 0.2) is 0 Å². The van der Waals surface area contributed by atoms with Gasteiger partial charge in [0.1, 0.15) is 0 Å². The number of hydrogen-bond acceptors (Lipinski definition) is 3. The van der Waals surface area contributed by atoms with E-state index in [2.05, 4.69) is 28.9 Å². The van der Waals surface area contributed by atoms with Gasteiger partial charge in [-0.2, -0.15) is 0 Å². The van der Waals surface area contributed by atoms with Crippen molar-refractivity contribution >= 4 is 20.9 Å². The summed E-state index contributed by atoms with van der Waals surface area (Å²) < 4.78 is 3.37. The average Bonchev–Trinajstić information content (AvgIpc) is 2.12. The van der Waals surface area contributed by atoms with E-state index in [-0.39, 0.29) is 12.1 Å². The summed E-state index contributed by atoms with van der Waals surface area (Å²) in [6, 6.07) is 0.289. The van der Waals surface area contributed by atoms with Crippen LogP contribution in [0.1, 0.15) is 19.3 Å². The highest BCUT2D eigenvalue weighted by Crippen LogP contribution is 2.42. The third-order valence-corrected chi connectivity index (χ3v) is 3.12. The predicted octanol–water partition coefficient (Wildman–Crippen LogP) is 1.31. The summed E-state index contributed by atoms with van der Waals surface area (Å²) in [7, 11) is -0.956. The van der Waals surface area contributed by atoms with Crippen molar-refractivity contribution in [1.29, 1.82) is 0 Å². The Labute approximate surface area is 75.0 Å². The third kappa shape index (κ3) is 3.23. The molecule has 1 fully saturated rings. The molecular weight excluding hydrogens is 178 g/mol. The molecule has 0 radical (unpaired) electrons. The predicted molar refractivity (Wildman–Crippen MR) is 55.2 cm³/mol. The summed E-state index contributed by atoms with van der Waals surface area (Å²) in [6.07, 6.45) is 7.21. The van der Waals surface area contributed by atoms with E-state index in [0.717, 1.165) is 19.3 Å². The van der Waals surface area contributed by atoms with Gasteiger partial charge >= 0.3 is 0 Å². The highest BCUT2D eigenvalue weighted by Gasteiger charge is 2.27. The molecule has 0 aliphatic heterocycles. The molecule has 0 aromatic rings. The van der Waals surface area contributed by atoms with Crippen LogP contribution in [-0.2, 0) is 0 Å². The highest BCUT2D eigenvalue weighted by atomic mass is 33.1. The van der Waals surface area contributed by atoms with Gasteiger partial charge in [-0.25, -0.2) is 0 Å². The first-order chi connectivity index (χ1) is 4.99. The lowest BCUT2D eigenvalue weighted by Gasteiger charge is -2.31. The molecule has 2 N–H and O–H groups in total. The molecule has 0 heterocycles. The van der Waals surface area contributed by atoms with Gasteiger partial charge in [-0.15, -0.1) is 20.9 Å². The lowest BCUT2D eigenvalue weighted by atomic mass is 10.2. The number of thiol groups is 1. The fourth-order valence-corrected chi connectivity index (χ4v) is 2.87. The van der Waals surface area contributed by atoms with E-state index < -0.39 is 9.25 Å². The first-order valence-corrected chi connectivity index (χ1v) is 7.40. The van der Waals surface area contributed by atoms with Crippen LogP contribution in [0.2, 0.25) is 0 Å². The zero-order chi connectivity index (χ0) is 8.48. The lowest BCUT2D eigenvalue weighted by Crippen LogP contribution is -2.35. The second kappa shape index (κ2) is 3.56. The molecule has 1 aliphatic carbocycles. The normalized spacial score (nSPS) is 34.2. The van der Waals surface area contributed by atoms with Crippen molar-refractivity contribution in [3.63, 3.8) is 0 Å². The molecule has 1 rings (SSSR count). The van der Waals surface area contributed by atoms with Crippen LogP contribution in [0.25, 0.3) is 0 Å². The fourth-order valence-electron chi connectivity index (χ4n) is 1.45. The quantitative estimate of drug-likeness (QED) is 0.458. The summed E-state index contributed by atoms with van der Waals surface area (Å²) in [5.74, 6) is 0. The van der Waals surface area contributed by atoms with Crippen LogP contribution in [0, 0.1) is 0 Å². The van der Waals surface area contributed by atoms with Crippen molar-refractivity contribution in [1.82, 2.24) is 4.72 Å². The fraction of sp³-hybridized carbons (Fsp3) is 1.00. The molecule has 0 saturated heterocycles. The summed E-state index contributed by atoms with van der Waals surface area (Å²) in [5.41, 5.74) is 0. The largest absolute Gasteiger partial charge is 0.391 e. The van der Waals surface area contributed by atoms with Gasteiger partial charge in [-0.1, -0.05) is 0 Å². The van der Waals surface area contributed by atoms with E-state index in [1.807, 2.05) is 0 Å². The standard InChI is InChI=1S/C7H17NOS2/c1-11(2,10)8-6-4-3-5-7(6)9/h6-10H,3-5H2,1-2H3. The van der Waals surface area contributed by atoms with Crippen molar-refractivity contribution in [3.05, 3.63) is 0 Å². The SMILES string of the molecule is CS(C)(S)NC1CCCC1O. The molecule has 2 atom stereocenters. The Morgan fingerprint density at radius 2 is 2.09 bits per heavy atom. The minimum Gasteiger partial charge on any atom is -0.391 e. The maximum absolute atomic E-state index is 9.47. The van der Waals surface area contributed by atoms with E-state index in [1.54, 1.807) is 0 Å². The van der Waals surface area contributed by atoms with E-state index in [1.165, 1.54) is 0 Å². The monoisotopic (exact) mass is 195 g/mol. The Morgan fingerprint density at radius 1 is 1.45 bits per heavy atom. The van der Waals surface area contributed by atoms with Crippen LogP contribution in [0.4, 0.5) is 0 Å². The molecule has 68 valence electrons. The zero-order valence-electron chi connectivity index (χ0n) is 7.08. The molecule has 0 aromatic carbocycles. The average molecular weight is 195 g/mol. The number of aliphatic hydroxyl groups excluding tert-OH is 1. The molecule has 1 aliphatic rings. The van der Waals surface area contributed by atoms with Crippen LogP contribution < -0.4 is 4.72 Å². The maximum atomic E-state index is 9.47. The molecule has 11 heavy (non-hydrogen) atoms. The van der Waals surface area contributed by atoms with Gasteiger partial charge < -0.3 is 5.11 Å². The first-order valence-electron chi connectivity index (χ1n) is 3.90. The molecule has 1 saturated carbocycles. The van der Waals surface area contributed by atoms with Gasteiger partial charge in [0, 0.05) is 6.04 Å². The van der Waals surface area contributed by atoms with Gasteiger partial charge in [0.25, 0.3) is 0 Å². The summed E-state index contributed by atoms with van der Waals surface area (Å²) >= 11 is 4.43. The van der Waals surface area contributed by atoms with Crippen molar-refractivity contribution in [3.8, 4) is 0 Å². The van der Waals surface area contributed by atoms with E-state index in [4.69, 9.17) is 0 Å². The van der Waals surface area contributed by atoms with Crippen LogP contribution in [0.3, 0.4) is 0 Å². The topological polar surface area (TPSA) is 32.3 Å². The first kappa shape index (κ1) is 9.71. The Bertz CT molecular complexity index is 135. The Morgan fingerprint density at radius 3 is 2.45 bits per heavy atom. The molecule has 0 spiro atoms. The smallest absolute Gasteiger partial charge is 0.0701 e. The van der Waals surface area contributed by atoms with Crippen molar-refractivity contribution in [2.75, 3.05) is 12.5 Å². The van der Waals surface area contributed by atoms with Gasteiger partial charge in [-0.3, -0.25) is 4.72 Å². The minimum atomic E-state index is -0.956. The number of rotatable bonds is 2. The highest BCUT2D eigenvalue weighted by molar-refractivity contribution is 8.86. The molecule has 0 bridgehead atoms. The molecule has 4 heteroatoms. The van der Waals surface area contributed by atoms with Gasteiger partial charge in [0.05, 0.1) is 6.10 Å². The van der Waals surface area contributed by atoms with Crippen molar-refractivity contribution < 1.29 is 5.11 Å². The number of aliphatic hydroxyl groups is 1. The summed E-state index contributed by atoms with van der Waals surface area (Å²) in [5, 5.41) is 9.47. The lowest BCUT2D eigenvalue weighted by molar-refractivity contribution is 0.160. The Kier molecular flexibility index (Phi) is 3.14. The molecule has 0 amide bonds. The Balaban J connectivity index is 2.37. The minimum absolute atomic E-state index is 0.145. The molecule has 2 nitrogen and oxygen atoms in total. The van der Waals surface area contributed by atoms with Crippen molar-refractivity contribution in [2.24, 2.45) is 0 Å². The van der Waals surface area contributed by atoms with Crippen LogP contribution >= 0.6 is 20.9 Å². The summed E-state index contributed by atoms with van der Waals surface area (Å²) in [4.78, 5) is 0. The van der Waals surface area contributed by atoms with Gasteiger partial charge in [-0.05, 0) is 31.8 Å². The number of hydrogen-bond donors (Lipinski definition) is 3. The van der Waals surface area contributed by atoms with Gasteiger partial charge in [0.2, 0.25) is 0 Å². The van der Waals surface area contributed by atoms with Crippen LogP contribution in [-0.4, -0.2) is 29.8 Å². The Hall–Kier alpha value is 0.620. The molecule has 2 unspecified atom stereocenters. The molecule has 0 aromatic heterocycles. The van der Waals surface area contributed by atoms with E-state index >= 15 is 0 Å². The zero-order valence-corrected chi connectivity index (χ0v) is 8.79. The van der Waals surface area contributed by atoms with E-state index in [0.29, 0.717) is 0 Å². The molecular formula is C7H17NOS2. The van der Waals surface area contributed by atoms with E-state index in [9.17, 15) is 5.11 Å². The third-order valence-electron chi connectivity index (χ3n) is 1.92. The van der Waals surface area contributed by atoms with Crippen molar-refractivity contribution in [2.45, 2.75) is 31.4 Å². The second-order valence-corrected chi connectivity index (χ2v) is 9.02. The maximum Gasteiger partial charge on any atom is 0.0701 e. The summed E-state index contributed by atoms with van der Waals surface area (Å²) in [6.45, 7) is 0.